The van der Waals surface area contributed by atoms with Gasteiger partial charge in [-0.1, -0.05) is 38.1 Å². The normalized spacial score (nSPS) is 15.8. The molecule has 2 heterocycles. The first-order valence-corrected chi connectivity index (χ1v) is 9.30. The molecule has 0 radical (unpaired) electrons. The first-order chi connectivity index (χ1) is 13.0. The van der Waals surface area contributed by atoms with E-state index in [0.717, 1.165) is 28.7 Å². The van der Waals surface area contributed by atoms with E-state index in [1.807, 2.05) is 36.4 Å². The predicted octanol–water partition coefficient (Wildman–Crippen LogP) is 4.11. The number of amides is 2. The standard InChI is InChI=1S/C22H23N3O2/c1-14(2)13-25-11-10-17-18(8-5-9-20(17)25)23-21(26)12-19-15-6-3-4-7-16(15)22(27)24-19/h3-11,14,19H,12-13H2,1-2H3,(H,23,26)(H,24,27). The van der Waals surface area contributed by atoms with Crippen molar-refractivity contribution in [1.82, 2.24) is 9.88 Å². The molecule has 0 saturated carbocycles. The van der Waals surface area contributed by atoms with Gasteiger partial charge in [-0.15, -0.1) is 0 Å². The summed E-state index contributed by atoms with van der Waals surface area (Å²) in [5.74, 6) is 0.322. The lowest BCUT2D eigenvalue weighted by Crippen LogP contribution is -2.24. The highest BCUT2D eigenvalue weighted by molar-refractivity contribution is 6.03. The minimum Gasteiger partial charge on any atom is -0.347 e. The molecule has 3 aromatic rings. The number of rotatable bonds is 5. The summed E-state index contributed by atoms with van der Waals surface area (Å²) in [4.78, 5) is 24.7. The van der Waals surface area contributed by atoms with Crippen molar-refractivity contribution < 1.29 is 9.59 Å². The molecule has 0 spiro atoms. The number of fused-ring (bicyclic) bond motifs is 2. The molecular formula is C22H23N3O2. The van der Waals surface area contributed by atoms with Crippen LogP contribution in [0.5, 0.6) is 0 Å². The molecule has 2 N–H and O–H groups in total. The molecule has 1 aliphatic rings. The molecule has 1 aromatic heterocycles. The predicted molar refractivity (Wildman–Crippen MR) is 107 cm³/mol. The fourth-order valence-electron chi connectivity index (χ4n) is 3.75. The Morgan fingerprint density at radius 2 is 1.96 bits per heavy atom. The highest BCUT2D eigenvalue weighted by Gasteiger charge is 2.29. The zero-order chi connectivity index (χ0) is 19.0. The number of anilines is 1. The number of hydrogen-bond donors (Lipinski definition) is 2. The van der Waals surface area contributed by atoms with Gasteiger partial charge in [0.05, 0.1) is 23.7 Å². The van der Waals surface area contributed by atoms with Gasteiger partial charge in [0, 0.05) is 23.7 Å². The number of carbonyl (C=O) groups is 2. The van der Waals surface area contributed by atoms with E-state index in [4.69, 9.17) is 0 Å². The fraction of sp³-hybridized carbons (Fsp3) is 0.273. The third-order valence-corrected chi connectivity index (χ3v) is 4.93. The molecule has 0 bridgehead atoms. The highest BCUT2D eigenvalue weighted by Crippen LogP contribution is 2.29. The van der Waals surface area contributed by atoms with Crippen molar-refractivity contribution in [2.45, 2.75) is 32.9 Å². The molecule has 1 atom stereocenters. The van der Waals surface area contributed by atoms with Crippen LogP contribution in [0.4, 0.5) is 5.69 Å². The van der Waals surface area contributed by atoms with Crippen LogP contribution in [-0.2, 0) is 11.3 Å². The van der Waals surface area contributed by atoms with Gasteiger partial charge < -0.3 is 15.2 Å². The summed E-state index contributed by atoms with van der Waals surface area (Å²) in [5.41, 5.74) is 3.46. The molecule has 0 aliphatic carbocycles. The second-order valence-electron chi connectivity index (χ2n) is 7.47. The summed E-state index contributed by atoms with van der Waals surface area (Å²) in [6.07, 6.45) is 2.28. The Balaban J connectivity index is 1.52. The molecule has 4 rings (SSSR count). The van der Waals surface area contributed by atoms with Crippen molar-refractivity contribution in [2.75, 3.05) is 5.32 Å². The van der Waals surface area contributed by atoms with E-state index in [9.17, 15) is 9.59 Å². The van der Waals surface area contributed by atoms with Crippen molar-refractivity contribution in [1.29, 1.82) is 0 Å². The van der Waals surface area contributed by atoms with Crippen LogP contribution in [0, 0.1) is 5.92 Å². The number of nitrogens with zero attached hydrogens (tertiary/aromatic N) is 1. The van der Waals surface area contributed by atoms with E-state index in [2.05, 4.69) is 41.3 Å². The van der Waals surface area contributed by atoms with E-state index < -0.39 is 0 Å². The second kappa shape index (κ2) is 6.91. The van der Waals surface area contributed by atoms with Crippen LogP contribution < -0.4 is 10.6 Å². The topological polar surface area (TPSA) is 63.1 Å². The van der Waals surface area contributed by atoms with Crippen LogP contribution >= 0.6 is 0 Å². The molecule has 2 amide bonds. The van der Waals surface area contributed by atoms with Gasteiger partial charge in [-0.05, 0) is 35.7 Å². The molecule has 1 aliphatic heterocycles. The van der Waals surface area contributed by atoms with Gasteiger partial charge in [0.15, 0.2) is 0 Å². The largest absolute Gasteiger partial charge is 0.347 e. The zero-order valence-corrected chi connectivity index (χ0v) is 15.5. The molecule has 138 valence electrons. The van der Waals surface area contributed by atoms with Crippen LogP contribution in [0.25, 0.3) is 10.9 Å². The van der Waals surface area contributed by atoms with Crippen LogP contribution in [0.3, 0.4) is 0 Å². The van der Waals surface area contributed by atoms with E-state index in [1.165, 1.54) is 0 Å². The maximum absolute atomic E-state index is 12.6. The first kappa shape index (κ1) is 17.3. The lowest BCUT2D eigenvalue weighted by atomic mass is 10.0. The van der Waals surface area contributed by atoms with E-state index in [0.29, 0.717) is 11.5 Å². The summed E-state index contributed by atoms with van der Waals surface area (Å²) in [7, 11) is 0. The van der Waals surface area contributed by atoms with Crippen LogP contribution in [0.15, 0.2) is 54.7 Å². The van der Waals surface area contributed by atoms with Gasteiger partial charge in [-0.3, -0.25) is 9.59 Å². The molecule has 5 heteroatoms. The number of carbonyl (C=O) groups excluding carboxylic acids is 2. The lowest BCUT2D eigenvalue weighted by molar-refractivity contribution is -0.116. The van der Waals surface area contributed by atoms with Gasteiger partial charge in [0.2, 0.25) is 5.91 Å². The molecular weight excluding hydrogens is 338 g/mol. The van der Waals surface area contributed by atoms with Crippen LogP contribution in [-0.4, -0.2) is 16.4 Å². The van der Waals surface area contributed by atoms with Crippen molar-refractivity contribution in [2.24, 2.45) is 5.92 Å². The van der Waals surface area contributed by atoms with Gasteiger partial charge in [0.1, 0.15) is 0 Å². The van der Waals surface area contributed by atoms with Crippen molar-refractivity contribution in [3.8, 4) is 0 Å². The van der Waals surface area contributed by atoms with Gasteiger partial charge in [0.25, 0.3) is 5.91 Å². The van der Waals surface area contributed by atoms with E-state index in [-0.39, 0.29) is 24.3 Å². The minimum absolute atomic E-state index is 0.110. The average molecular weight is 361 g/mol. The van der Waals surface area contributed by atoms with Gasteiger partial charge in [-0.25, -0.2) is 0 Å². The quantitative estimate of drug-likeness (QED) is 0.718. The van der Waals surface area contributed by atoms with Crippen LogP contribution in [0.1, 0.15) is 42.2 Å². The van der Waals surface area contributed by atoms with Crippen molar-refractivity contribution in [3.63, 3.8) is 0 Å². The molecule has 27 heavy (non-hydrogen) atoms. The Morgan fingerprint density at radius 3 is 2.78 bits per heavy atom. The third-order valence-electron chi connectivity index (χ3n) is 4.93. The maximum atomic E-state index is 12.6. The Bertz CT molecular complexity index is 1020. The first-order valence-electron chi connectivity index (χ1n) is 9.30. The van der Waals surface area contributed by atoms with E-state index in [1.54, 1.807) is 6.07 Å². The van der Waals surface area contributed by atoms with Gasteiger partial charge >= 0.3 is 0 Å². The third kappa shape index (κ3) is 3.33. The monoisotopic (exact) mass is 361 g/mol. The summed E-state index contributed by atoms with van der Waals surface area (Å²) in [5, 5.41) is 6.95. The number of hydrogen-bond acceptors (Lipinski definition) is 2. The zero-order valence-electron chi connectivity index (χ0n) is 15.5. The molecule has 1 unspecified atom stereocenters. The number of benzene rings is 2. The Labute approximate surface area is 158 Å². The summed E-state index contributed by atoms with van der Waals surface area (Å²) in [6.45, 7) is 5.31. The highest BCUT2D eigenvalue weighted by atomic mass is 16.2. The number of aromatic nitrogens is 1. The maximum Gasteiger partial charge on any atom is 0.252 e. The Hall–Kier alpha value is -3.08. The molecule has 0 fully saturated rings. The lowest BCUT2D eigenvalue weighted by Gasteiger charge is -2.13. The molecule has 5 nitrogen and oxygen atoms in total. The van der Waals surface area contributed by atoms with Gasteiger partial charge in [-0.2, -0.15) is 0 Å². The molecule has 2 aromatic carbocycles. The average Bonchev–Trinajstić information content (AvgIpc) is 3.17. The fourth-order valence-corrected chi connectivity index (χ4v) is 3.75. The smallest absolute Gasteiger partial charge is 0.252 e. The Morgan fingerprint density at radius 1 is 1.15 bits per heavy atom. The van der Waals surface area contributed by atoms with Crippen LogP contribution in [0.2, 0.25) is 0 Å². The summed E-state index contributed by atoms with van der Waals surface area (Å²) >= 11 is 0. The molecule has 0 saturated heterocycles. The SMILES string of the molecule is CC(C)Cn1ccc2c(NC(=O)CC3NC(=O)c4ccccc43)cccc21. The van der Waals surface area contributed by atoms with E-state index >= 15 is 0 Å². The Kier molecular flexibility index (Phi) is 4.44. The van der Waals surface area contributed by atoms with Crippen molar-refractivity contribution >= 4 is 28.4 Å². The number of nitrogens with one attached hydrogen (secondary N) is 2. The minimum atomic E-state index is -0.279. The second-order valence-corrected chi connectivity index (χ2v) is 7.47. The van der Waals surface area contributed by atoms with Crippen molar-refractivity contribution in [3.05, 3.63) is 65.9 Å². The summed E-state index contributed by atoms with van der Waals surface area (Å²) in [6, 6.07) is 15.1. The summed E-state index contributed by atoms with van der Waals surface area (Å²) < 4.78 is 2.21.